The summed E-state index contributed by atoms with van der Waals surface area (Å²) in [5.41, 5.74) is 0.350. The molecule has 5 heteroatoms. The first kappa shape index (κ1) is 14.8. The standard InChI is InChI=1S/C14H17BrClNO2/c1-14(8-18,10-2-3-10)17-13(19)7-9-6-11(16)4-5-12(9)15/h4-6,10,18H,2-3,7-8H2,1H3,(H,17,19). The van der Waals surface area contributed by atoms with Crippen LogP contribution in [0.15, 0.2) is 22.7 Å². The van der Waals surface area contributed by atoms with Gasteiger partial charge in [0.25, 0.3) is 0 Å². The number of nitrogens with one attached hydrogen (secondary N) is 1. The number of aliphatic hydroxyl groups excluding tert-OH is 1. The molecule has 19 heavy (non-hydrogen) atoms. The van der Waals surface area contributed by atoms with Gasteiger partial charge in [-0.3, -0.25) is 4.79 Å². The summed E-state index contributed by atoms with van der Waals surface area (Å²) in [6.07, 6.45) is 2.39. The highest BCUT2D eigenvalue weighted by atomic mass is 79.9. The zero-order chi connectivity index (χ0) is 14.0. The van der Waals surface area contributed by atoms with Gasteiger partial charge in [0, 0.05) is 9.50 Å². The first-order valence-electron chi connectivity index (χ1n) is 6.30. The SMILES string of the molecule is CC(CO)(NC(=O)Cc1cc(Cl)ccc1Br)C1CC1. The molecule has 0 heterocycles. The normalized spacial score (nSPS) is 17.9. The molecule has 0 radical (unpaired) electrons. The predicted octanol–water partition coefficient (Wildman–Crippen LogP) is 2.92. The van der Waals surface area contributed by atoms with Crippen LogP contribution >= 0.6 is 27.5 Å². The predicted molar refractivity (Wildman–Crippen MR) is 79.2 cm³/mol. The second-order valence-electron chi connectivity index (χ2n) is 5.31. The average Bonchev–Trinajstić information content (AvgIpc) is 3.18. The van der Waals surface area contributed by atoms with Crippen molar-refractivity contribution in [3.8, 4) is 0 Å². The molecule has 1 atom stereocenters. The number of hydrogen-bond acceptors (Lipinski definition) is 2. The number of rotatable bonds is 5. The Hall–Kier alpha value is -0.580. The number of carbonyl (C=O) groups is 1. The lowest BCUT2D eigenvalue weighted by molar-refractivity contribution is -0.123. The van der Waals surface area contributed by atoms with Crippen molar-refractivity contribution in [2.45, 2.75) is 31.7 Å². The van der Waals surface area contributed by atoms with E-state index >= 15 is 0 Å². The lowest BCUT2D eigenvalue weighted by atomic mass is 9.96. The summed E-state index contributed by atoms with van der Waals surface area (Å²) in [6, 6.07) is 5.38. The lowest BCUT2D eigenvalue weighted by Crippen LogP contribution is -2.51. The molecule has 104 valence electrons. The highest BCUT2D eigenvalue weighted by Gasteiger charge is 2.42. The number of halogens is 2. The summed E-state index contributed by atoms with van der Waals surface area (Å²) in [7, 11) is 0. The van der Waals surface area contributed by atoms with E-state index < -0.39 is 5.54 Å². The van der Waals surface area contributed by atoms with Gasteiger partial charge in [-0.05, 0) is 49.4 Å². The maximum absolute atomic E-state index is 12.1. The minimum atomic E-state index is -0.498. The molecule has 1 unspecified atom stereocenters. The van der Waals surface area contributed by atoms with Crippen LogP contribution < -0.4 is 5.32 Å². The van der Waals surface area contributed by atoms with E-state index in [0.29, 0.717) is 10.9 Å². The van der Waals surface area contributed by atoms with Gasteiger partial charge in [-0.2, -0.15) is 0 Å². The fourth-order valence-corrected chi connectivity index (χ4v) is 2.79. The molecule has 1 fully saturated rings. The van der Waals surface area contributed by atoms with Crippen LogP contribution in [-0.4, -0.2) is 23.2 Å². The van der Waals surface area contributed by atoms with E-state index in [1.165, 1.54) is 0 Å². The summed E-state index contributed by atoms with van der Waals surface area (Å²) >= 11 is 9.34. The third-order valence-electron chi connectivity index (χ3n) is 3.59. The van der Waals surface area contributed by atoms with Crippen LogP contribution in [-0.2, 0) is 11.2 Å². The second kappa shape index (κ2) is 5.81. The van der Waals surface area contributed by atoms with Crippen molar-refractivity contribution in [1.29, 1.82) is 0 Å². The molecule has 1 aromatic carbocycles. The molecule has 0 saturated heterocycles. The molecule has 0 spiro atoms. The molecule has 1 aliphatic rings. The van der Waals surface area contributed by atoms with Gasteiger partial charge < -0.3 is 10.4 Å². The second-order valence-corrected chi connectivity index (χ2v) is 6.60. The zero-order valence-electron chi connectivity index (χ0n) is 10.7. The van der Waals surface area contributed by atoms with E-state index in [4.69, 9.17) is 11.6 Å². The lowest BCUT2D eigenvalue weighted by Gasteiger charge is -2.28. The highest BCUT2D eigenvalue weighted by Crippen LogP contribution is 2.39. The fourth-order valence-electron chi connectivity index (χ4n) is 2.21. The van der Waals surface area contributed by atoms with Crippen LogP contribution in [0.25, 0.3) is 0 Å². The monoisotopic (exact) mass is 345 g/mol. The van der Waals surface area contributed by atoms with E-state index in [9.17, 15) is 9.90 Å². The Labute approximate surface area is 126 Å². The number of carbonyl (C=O) groups excluding carboxylic acids is 1. The van der Waals surface area contributed by atoms with Crippen LogP contribution in [0.2, 0.25) is 5.02 Å². The Balaban J connectivity index is 2.02. The van der Waals surface area contributed by atoms with Gasteiger partial charge in [-0.1, -0.05) is 27.5 Å². The van der Waals surface area contributed by atoms with Gasteiger partial charge in [0.2, 0.25) is 5.91 Å². The molecular weight excluding hydrogens is 330 g/mol. The zero-order valence-corrected chi connectivity index (χ0v) is 13.1. The van der Waals surface area contributed by atoms with Crippen molar-refractivity contribution < 1.29 is 9.90 Å². The minimum Gasteiger partial charge on any atom is -0.394 e. The fraction of sp³-hybridized carbons (Fsp3) is 0.500. The van der Waals surface area contributed by atoms with Crippen molar-refractivity contribution in [1.82, 2.24) is 5.32 Å². The summed E-state index contributed by atoms with van der Waals surface area (Å²) in [5, 5.41) is 13.0. The number of amides is 1. The first-order valence-corrected chi connectivity index (χ1v) is 7.47. The molecule has 0 aliphatic heterocycles. The van der Waals surface area contributed by atoms with Crippen molar-refractivity contribution in [3.05, 3.63) is 33.3 Å². The quantitative estimate of drug-likeness (QED) is 0.861. The number of aliphatic hydroxyl groups is 1. The van der Waals surface area contributed by atoms with Crippen LogP contribution in [0.5, 0.6) is 0 Å². The topological polar surface area (TPSA) is 49.3 Å². The Kier molecular flexibility index (Phi) is 4.54. The van der Waals surface area contributed by atoms with Crippen LogP contribution in [0.3, 0.4) is 0 Å². The Morgan fingerprint density at radius 1 is 1.58 bits per heavy atom. The molecule has 1 amide bonds. The maximum Gasteiger partial charge on any atom is 0.224 e. The summed E-state index contributed by atoms with van der Waals surface area (Å²) in [5.74, 6) is 0.302. The Bertz CT molecular complexity index is 490. The minimum absolute atomic E-state index is 0.0277. The van der Waals surface area contributed by atoms with Gasteiger partial charge in [0.05, 0.1) is 18.6 Å². The molecule has 2 N–H and O–H groups in total. The molecule has 0 bridgehead atoms. The van der Waals surface area contributed by atoms with E-state index in [-0.39, 0.29) is 18.9 Å². The van der Waals surface area contributed by atoms with Gasteiger partial charge >= 0.3 is 0 Å². The van der Waals surface area contributed by atoms with Gasteiger partial charge in [0.15, 0.2) is 0 Å². The largest absolute Gasteiger partial charge is 0.394 e. The highest BCUT2D eigenvalue weighted by molar-refractivity contribution is 9.10. The van der Waals surface area contributed by atoms with Crippen LogP contribution in [0.1, 0.15) is 25.3 Å². The smallest absolute Gasteiger partial charge is 0.224 e. The molecule has 0 aromatic heterocycles. The summed E-state index contributed by atoms with van der Waals surface area (Å²) < 4.78 is 0.865. The number of hydrogen-bond donors (Lipinski definition) is 2. The molecular formula is C14H17BrClNO2. The summed E-state index contributed by atoms with van der Waals surface area (Å²) in [4.78, 5) is 12.1. The number of benzene rings is 1. The van der Waals surface area contributed by atoms with E-state index in [2.05, 4.69) is 21.2 Å². The third-order valence-corrected chi connectivity index (χ3v) is 4.60. The maximum atomic E-state index is 12.1. The van der Waals surface area contributed by atoms with Crippen LogP contribution in [0, 0.1) is 5.92 Å². The molecule has 2 rings (SSSR count). The molecule has 1 saturated carbocycles. The van der Waals surface area contributed by atoms with E-state index in [1.54, 1.807) is 12.1 Å². The Morgan fingerprint density at radius 2 is 2.26 bits per heavy atom. The van der Waals surface area contributed by atoms with Crippen LogP contribution in [0.4, 0.5) is 0 Å². The average molecular weight is 347 g/mol. The molecule has 1 aromatic rings. The first-order chi connectivity index (χ1) is 8.94. The van der Waals surface area contributed by atoms with Crippen molar-refractivity contribution in [2.75, 3.05) is 6.61 Å². The Morgan fingerprint density at radius 3 is 2.84 bits per heavy atom. The van der Waals surface area contributed by atoms with Crippen molar-refractivity contribution in [2.24, 2.45) is 5.92 Å². The van der Waals surface area contributed by atoms with Crippen molar-refractivity contribution >= 4 is 33.4 Å². The van der Waals surface area contributed by atoms with Gasteiger partial charge in [0.1, 0.15) is 0 Å². The molecule has 1 aliphatic carbocycles. The molecule has 3 nitrogen and oxygen atoms in total. The summed E-state index contributed by atoms with van der Waals surface area (Å²) in [6.45, 7) is 1.87. The van der Waals surface area contributed by atoms with Gasteiger partial charge in [-0.15, -0.1) is 0 Å². The van der Waals surface area contributed by atoms with Crippen molar-refractivity contribution in [3.63, 3.8) is 0 Å². The van der Waals surface area contributed by atoms with E-state index in [1.807, 2.05) is 13.0 Å². The van der Waals surface area contributed by atoms with E-state index in [0.717, 1.165) is 22.9 Å². The third kappa shape index (κ3) is 3.71. The van der Waals surface area contributed by atoms with Gasteiger partial charge in [-0.25, -0.2) is 0 Å².